The number of hydrogen-bond acceptors (Lipinski definition) is 5. The Balaban J connectivity index is 1.48. The molecule has 3 heterocycles. The highest BCUT2D eigenvalue weighted by atomic mass is 19.1. The minimum Gasteiger partial charge on any atom is -0.366 e. The number of rotatable bonds is 5. The van der Waals surface area contributed by atoms with Gasteiger partial charge in [-0.05, 0) is 24.1 Å². The Morgan fingerprint density at radius 2 is 1.72 bits per heavy atom. The van der Waals surface area contributed by atoms with Crippen LogP contribution in [0.25, 0.3) is 16.8 Å². The highest BCUT2D eigenvalue weighted by Crippen LogP contribution is 2.31. The SMILES string of the molecule is CCc1ccc(-c2nn3ccnc(N4CCN(c5ccccc5F)CC4)c3c2C=O)cc1. The number of aldehydes is 1. The zero-order valence-corrected chi connectivity index (χ0v) is 17.9. The van der Waals surface area contributed by atoms with Crippen molar-refractivity contribution in [3.05, 3.63) is 77.9 Å². The molecule has 1 saturated heterocycles. The summed E-state index contributed by atoms with van der Waals surface area (Å²) in [5.74, 6) is 0.519. The van der Waals surface area contributed by atoms with Gasteiger partial charge in [0.25, 0.3) is 0 Å². The number of hydrogen-bond donors (Lipinski definition) is 0. The Labute approximate surface area is 185 Å². The van der Waals surface area contributed by atoms with E-state index in [9.17, 15) is 9.18 Å². The maximum absolute atomic E-state index is 14.2. The lowest BCUT2D eigenvalue weighted by molar-refractivity contribution is 0.112. The number of benzene rings is 2. The predicted molar refractivity (Wildman–Crippen MR) is 124 cm³/mol. The number of halogens is 1. The summed E-state index contributed by atoms with van der Waals surface area (Å²) >= 11 is 0. The number of piperazine rings is 1. The van der Waals surface area contributed by atoms with Gasteiger partial charge in [0.2, 0.25) is 0 Å². The number of nitrogens with zero attached hydrogens (tertiary/aromatic N) is 5. The van der Waals surface area contributed by atoms with Crippen LogP contribution in [0.5, 0.6) is 0 Å². The minimum absolute atomic E-state index is 0.209. The van der Waals surface area contributed by atoms with Gasteiger partial charge in [-0.1, -0.05) is 43.3 Å². The Morgan fingerprint density at radius 1 is 1.00 bits per heavy atom. The van der Waals surface area contributed by atoms with Gasteiger partial charge in [-0.15, -0.1) is 0 Å². The Kier molecular flexibility index (Phi) is 5.31. The summed E-state index contributed by atoms with van der Waals surface area (Å²) in [7, 11) is 0. The molecule has 32 heavy (non-hydrogen) atoms. The number of aromatic nitrogens is 3. The third-order valence-corrected chi connectivity index (χ3v) is 6.09. The molecule has 1 aliphatic rings. The molecular formula is C25H24FN5O. The molecule has 0 atom stereocenters. The first kappa shape index (κ1) is 20.2. The predicted octanol–water partition coefficient (Wildman–Crippen LogP) is 4.24. The minimum atomic E-state index is -0.209. The van der Waals surface area contributed by atoms with Gasteiger partial charge in [0, 0.05) is 44.1 Å². The number of aryl methyl sites for hydroxylation is 1. The molecule has 7 heteroatoms. The summed E-state index contributed by atoms with van der Waals surface area (Å²) in [5, 5.41) is 4.70. The second-order valence-corrected chi connectivity index (χ2v) is 7.90. The van der Waals surface area contributed by atoms with Crippen molar-refractivity contribution in [3.63, 3.8) is 0 Å². The van der Waals surface area contributed by atoms with E-state index in [0.717, 1.165) is 24.1 Å². The first-order valence-corrected chi connectivity index (χ1v) is 10.9. The second-order valence-electron chi connectivity index (χ2n) is 7.90. The topological polar surface area (TPSA) is 53.7 Å². The third-order valence-electron chi connectivity index (χ3n) is 6.09. The maximum Gasteiger partial charge on any atom is 0.155 e. The van der Waals surface area contributed by atoms with Crippen molar-refractivity contribution in [2.24, 2.45) is 0 Å². The lowest BCUT2D eigenvalue weighted by Gasteiger charge is -2.37. The van der Waals surface area contributed by atoms with E-state index in [2.05, 4.69) is 28.9 Å². The molecule has 0 unspecified atom stereocenters. The summed E-state index contributed by atoms with van der Waals surface area (Å²) in [6, 6.07) is 15.0. The average molecular weight is 429 g/mol. The quantitative estimate of drug-likeness (QED) is 0.444. The van der Waals surface area contributed by atoms with Crippen LogP contribution < -0.4 is 9.80 Å². The van der Waals surface area contributed by atoms with Crippen LogP contribution in [0.1, 0.15) is 22.8 Å². The summed E-state index contributed by atoms with van der Waals surface area (Å²) < 4.78 is 15.9. The van der Waals surface area contributed by atoms with Gasteiger partial charge in [0.1, 0.15) is 17.0 Å². The number of carbonyl (C=O) groups is 1. The largest absolute Gasteiger partial charge is 0.366 e. The van der Waals surface area contributed by atoms with Crippen molar-refractivity contribution >= 4 is 23.3 Å². The molecule has 1 fully saturated rings. The van der Waals surface area contributed by atoms with Crippen LogP contribution in [0, 0.1) is 5.82 Å². The van der Waals surface area contributed by atoms with Crippen LogP contribution in [-0.4, -0.2) is 47.1 Å². The van der Waals surface area contributed by atoms with Gasteiger partial charge in [0.15, 0.2) is 12.1 Å². The Hall–Kier alpha value is -3.74. The van der Waals surface area contributed by atoms with Gasteiger partial charge in [0.05, 0.1) is 11.3 Å². The summed E-state index contributed by atoms with van der Waals surface area (Å²) in [5.41, 5.74) is 4.66. The smallest absolute Gasteiger partial charge is 0.155 e. The monoisotopic (exact) mass is 429 g/mol. The molecule has 0 radical (unpaired) electrons. The van der Waals surface area contributed by atoms with Crippen LogP contribution in [-0.2, 0) is 6.42 Å². The molecule has 0 bridgehead atoms. The molecule has 1 aliphatic heterocycles. The molecule has 5 rings (SSSR count). The first-order valence-electron chi connectivity index (χ1n) is 10.9. The van der Waals surface area contributed by atoms with Gasteiger partial charge < -0.3 is 9.80 Å². The fraction of sp³-hybridized carbons (Fsp3) is 0.240. The standard InChI is InChI=1S/C25H24FN5O/c1-2-18-7-9-19(10-8-18)23-20(17-32)24-25(27-11-12-31(24)28-23)30-15-13-29(14-16-30)22-6-4-3-5-21(22)26/h3-12,17H,2,13-16H2,1H3. The molecule has 0 N–H and O–H groups in total. The second kappa shape index (κ2) is 8.42. The van der Waals surface area contributed by atoms with Crippen molar-refractivity contribution in [2.75, 3.05) is 36.0 Å². The first-order chi connectivity index (χ1) is 15.7. The van der Waals surface area contributed by atoms with Gasteiger partial charge in [-0.2, -0.15) is 5.10 Å². The van der Waals surface area contributed by atoms with E-state index in [1.165, 1.54) is 11.6 Å². The van der Waals surface area contributed by atoms with Gasteiger partial charge in [-0.25, -0.2) is 13.9 Å². The van der Waals surface area contributed by atoms with Crippen molar-refractivity contribution in [3.8, 4) is 11.3 Å². The van der Waals surface area contributed by atoms with Crippen LogP contribution >= 0.6 is 0 Å². The lowest BCUT2D eigenvalue weighted by Crippen LogP contribution is -2.47. The van der Waals surface area contributed by atoms with Crippen LogP contribution in [0.4, 0.5) is 15.9 Å². The van der Waals surface area contributed by atoms with E-state index in [1.807, 2.05) is 29.2 Å². The van der Waals surface area contributed by atoms with Crippen LogP contribution in [0.15, 0.2) is 60.9 Å². The average Bonchev–Trinajstić information content (AvgIpc) is 3.23. The van der Waals surface area contributed by atoms with Crippen molar-refractivity contribution < 1.29 is 9.18 Å². The molecule has 0 aliphatic carbocycles. The number of fused-ring (bicyclic) bond motifs is 1. The number of para-hydroxylation sites is 1. The van der Waals surface area contributed by atoms with E-state index in [4.69, 9.17) is 5.10 Å². The zero-order valence-electron chi connectivity index (χ0n) is 17.9. The number of anilines is 2. The molecule has 6 nitrogen and oxygen atoms in total. The molecule has 2 aromatic carbocycles. The molecular weight excluding hydrogens is 405 g/mol. The third kappa shape index (κ3) is 3.49. The van der Waals surface area contributed by atoms with E-state index in [-0.39, 0.29) is 5.82 Å². The fourth-order valence-electron chi connectivity index (χ4n) is 4.33. The highest BCUT2D eigenvalue weighted by molar-refractivity contribution is 5.98. The highest BCUT2D eigenvalue weighted by Gasteiger charge is 2.25. The van der Waals surface area contributed by atoms with Crippen LogP contribution in [0.3, 0.4) is 0 Å². The van der Waals surface area contributed by atoms with E-state index in [0.29, 0.717) is 48.6 Å². The molecule has 4 aromatic rings. The normalized spacial score (nSPS) is 14.2. The molecule has 0 saturated carbocycles. The Bertz CT molecular complexity index is 1260. The summed E-state index contributed by atoms with van der Waals surface area (Å²) in [4.78, 5) is 21.0. The molecule has 0 amide bonds. The van der Waals surface area contributed by atoms with Crippen LogP contribution in [0.2, 0.25) is 0 Å². The molecule has 2 aromatic heterocycles. The van der Waals surface area contributed by atoms with Gasteiger partial charge >= 0.3 is 0 Å². The maximum atomic E-state index is 14.2. The lowest BCUT2D eigenvalue weighted by atomic mass is 10.0. The molecule has 0 spiro atoms. The fourth-order valence-corrected chi connectivity index (χ4v) is 4.33. The Morgan fingerprint density at radius 3 is 2.41 bits per heavy atom. The summed E-state index contributed by atoms with van der Waals surface area (Å²) in [6.45, 7) is 4.79. The van der Waals surface area contributed by atoms with Crippen molar-refractivity contribution in [2.45, 2.75) is 13.3 Å². The van der Waals surface area contributed by atoms with E-state index < -0.39 is 0 Å². The van der Waals surface area contributed by atoms with E-state index >= 15 is 0 Å². The van der Waals surface area contributed by atoms with Gasteiger partial charge in [-0.3, -0.25) is 4.79 Å². The zero-order chi connectivity index (χ0) is 22.1. The molecule has 162 valence electrons. The summed E-state index contributed by atoms with van der Waals surface area (Å²) in [6.07, 6.45) is 5.30. The van der Waals surface area contributed by atoms with E-state index in [1.54, 1.807) is 23.0 Å². The number of carbonyl (C=O) groups excluding carboxylic acids is 1. The van der Waals surface area contributed by atoms with Crippen molar-refractivity contribution in [1.29, 1.82) is 0 Å². The van der Waals surface area contributed by atoms with Crippen molar-refractivity contribution in [1.82, 2.24) is 14.6 Å².